The number of carbonyl (C=O) groups excluding carboxylic acids is 1. The van der Waals surface area contributed by atoms with E-state index in [4.69, 9.17) is 0 Å². The number of hydrogen-bond donors (Lipinski definition) is 1. The first-order valence-corrected chi connectivity index (χ1v) is 6.35. The van der Waals surface area contributed by atoms with E-state index in [1.807, 2.05) is 16.7 Å². The number of amides is 1. The Bertz CT molecular complexity index is 179. The Morgan fingerprint density at radius 3 is 2.64 bits per heavy atom. The van der Waals surface area contributed by atoms with Crippen molar-refractivity contribution in [2.75, 3.05) is 31.9 Å². The quantitative estimate of drug-likeness (QED) is 0.759. The van der Waals surface area contributed by atoms with Crippen LogP contribution in [0.3, 0.4) is 0 Å². The molecule has 0 bridgehead atoms. The maximum Gasteiger partial charge on any atom is 0.223 e. The summed E-state index contributed by atoms with van der Waals surface area (Å²) < 4.78 is 0. The molecule has 82 valence electrons. The van der Waals surface area contributed by atoms with E-state index in [1.54, 1.807) is 0 Å². The highest BCUT2D eigenvalue weighted by Crippen LogP contribution is 2.11. The van der Waals surface area contributed by atoms with E-state index in [1.165, 1.54) is 0 Å². The molecule has 0 aliphatic carbocycles. The van der Waals surface area contributed by atoms with Crippen LogP contribution in [-0.2, 0) is 4.79 Å². The van der Waals surface area contributed by atoms with Gasteiger partial charge < -0.3 is 10.2 Å². The van der Waals surface area contributed by atoms with Crippen LogP contribution in [0.2, 0.25) is 0 Å². The van der Waals surface area contributed by atoms with Gasteiger partial charge in [0.05, 0.1) is 0 Å². The van der Waals surface area contributed by atoms with Crippen LogP contribution in [-0.4, -0.2) is 48.0 Å². The van der Waals surface area contributed by atoms with Gasteiger partial charge in [0.1, 0.15) is 0 Å². The average Bonchev–Trinajstić information content (AvgIpc) is 2.18. The molecule has 14 heavy (non-hydrogen) atoms. The Kier molecular flexibility index (Phi) is 5.33. The summed E-state index contributed by atoms with van der Waals surface area (Å²) in [5.41, 5.74) is 0. The van der Waals surface area contributed by atoms with Gasteiger partial charge in [-0.3, -0.25) is 4.79 Å². The minimum Gasteiger partial charge on any atom is -0.340 e. The minimum atomic E-state index is 0.319. The Morgan fingerprint density at radius 1 is 1.43 bits per heavy atom. The number of carbonyl (C=O) groups is 1. The molecule has 0 aromatic carbocycles. The van der Waals surface area contributed by atoms with Crippen LogP contribution >= 0.6 is 11.8 Å². The molecule has 0 atom stereocenters. The fourth-order valence-corrected chi connectivity index (χ4v) is 2.22. The molecule has 3 nitrogen and oxygen atoms in total. The van der Waals surface area contributed by atoms with E-state index in [0.29, 0.717) is 17.6 Å². The van der Waals surface area contributed by atoms with Gasteiger partial charge in [-0.15, -0.1) is 0 Å². The largest absolute Gasteiger partial charge is 0.340 e. The molecule has 1 fully saturated rings. The Hall–Kier alpha value is -0.220. The second-order valence-electron chi connectivity index (χ2n) is 3.80. The number of hydrogen-bond acceptors (Lipinski definition) is 3. The Balaban J connectivity index is 2.13. The van der Waals surface area contributed by atoms with Crippen molar-refractivity contribution in [2.24, 2.45) is 0 Å². The smallest absolute Gasteiger partial charge is 0.223 e. The van der Waals surface area contributed by atoms with Crippen molar-refractivity contribution in [3.8, 4) is 0 Å². The molecule has 0 saturated carbocycles. The van der Waals surface area contributed by atoms with E-state index in [9.17, 15) is 4.79 Å². The summed E-state index contributed by atoms with van der Waals surface area (Å²) in [6, 6.07) is 0. The second kappa shape index (κ2) is 6.30. The maximum absolute atomic E-state index is 11.7. The predicted molar refractivity (Wildman–Crippen MR) is 61.7 cm³/mol. The summed E-state index contributed by atoms with van der Waals surface area (Å²) in [6.07, 6.45) is 0.697. The van der Waals surface area contributed by atoms with Crippen molar-refractivity contribution in [3.05, 3.63) is 0 Å². The van der Waals surface area contributed by atoms with Crippen molar-refractivity contribution >= 4 is 17.7 Å². The molecular formula is C10H20N2OS. The van der Waals surface area contributed by atoms with Crippen LogP contribution in [0.15, 0.2) is 0 Å². The van der Waals surface area contributed by atoms with Crippen molar-refractivity contribution in [1.29, 1.82) is 0 Å². The van der Waals surface area contributed by atoms with Gasteiger partial charge in [0.15, 0.2) is 0 Å². The lowest BCUT2D eigenvalue weighted by Gasteiger charge is -2.27. The average molecular weight is 216 g/mol. The third-order valence-corrected chi connectivity index (χ3v) is 3.34. The number of piperazine rings is 1. The summed E-state index contributed by atoms with van der Waals surface area (Å²) in [6.45, 7) is 7.99. The normalized spacial score (nSPS) is 17.5. The van der Waals surface area contributed by atoms with Crippen LogP contribution in [0.5, 0.6) is 0 Å². The van der Waals surface area contributed by atoms with Crippen molar-refractivity contribution in [1.82, 2.24) is 10.2 Å². The lowest BCUT2D eigenvalue weighted by molar-refractivity contribution is -0.131. The molecular weight excluding hydrogens is 196 g/mol. The zero-order valence-electron chi connectivity index (χ0n) is 9.08. The van der Waals surface area contributed by atoms with Crippen LogP contribution in [0.4, 0.5) is 0 Å². The number of nitrogens with zero attached hydrogens (tertiary/aromatic N) is 1. The van der Waals surface area contributed by atoms with E-state index < -0.39 is 0 Å². The molecule has 4 heteroatoms. The van der Waals surface area contributed by atoms with Gasteiger partial charge in [0.2, 0.25) is 5.91 Å². The predicted octanol–water partition coefficient (Wildman–Crippen LogP) is 0.950. The lowest BCUT2D eigenvalue weighted by atomic mass is 10.3. The van der Waals surface area contributed by atoms with Gasteiger partial charge in [-0.05, 0) is 5.25 Å². The third kappa shape index (κ3) is 4.33. The van der Waals surface area contributed by atoms with Crippen molar-refractivity contribution < 1.29 is 4.79 Å². The monoisotopic (exact) mass is 216 g/mol. The molecule has 1 N–H and O–H groups in total. The van der Waals surface area contributed by atoms with Gasteiger partial charge >= 0.3 is 0 Å². The molecule has 0 radical (unpaired) electrons. The van der Waals surface area contributed by atoms with Crippen molar-refractivity contribution in [2.45, 2.75) is 25.5 Å². The van der Waals surface area contributed by atoms with Crippen LogP contribution in [0.1, 0.15) is 20.3 Å². The van der Waals surface area contributed by atoms with Crippen LogP contribution in [0.25, 0.3) is 0 Å². The van der Waals surface area contributed by atoms with Gasteiger partial charge in [-0.2, -0.15) is 11.8 Å². The van der Waals surface area contributed by atoms with Crippen LogP contribution in [0, 0.1) is 0 Å². The van der Waals surface area contributed by atoms with Gasteiger partial charge in [0.25, 0.3) is 0 Å². The zero-order valence-corrected chi connectivity index (χ0v) is 9.90. The standard InChI is InChI=1S/C10H20N2OS/c1-9(2)14-8-3-10(13)12-6-4-11-5-7-12/h9,11H,3-8H2,1-2H3. The highest BCUT2D eigenvalue weighted by molar-refractivity contribution is 7.99. The maximum atomic E-state index is 11.7. The molecule has 1 rings (SSSR count). The fourth-order valence-electron chi connectivity index (χ4n) is 1.45. The lowest BCUT2D eigenvalue weighted by Crippen LogP contribution is -2.46. The molecule has 0 aromatic rings. The molecule has 1 saturated heterocycles. The molecule has 1 heterocycles. The Morgan fingerprint density at radius 2 is 2.07 bits per heavy atom. The zero-order chi connectivity index (χ0) is 10.4. The summed E-state index contributed by atoms with van der Waals surface area (Å²) >= 11 is 1.86. The van der Waals surface area contributed by atoms with Gasteiger partial charge in [0, 0.05) is 38.4 Å². The highest BCUT2D eigenvalue weighted by Gasteiger charge is 2.15. The van der Waals surface area contributed by atoms with E-state index in [-0.39, 0.29) is 0 Å². The molecule has 1 amide bonds. The molecule has 1 aliphatic heterocycles. The van der Waals surface area contributed by atoms with E-state index in [2.05, 4.69) is 19.2 Å². The van der Waals surface area contributed by atoms with Gasteiger partial charge in [-0.25, -0.2) is 0 Å². The van der Waals surface area contributed by atoms with E-state index >= 15 is 0 Å². The highest BCUT2D eigenvalue weighted by atomic mass is 32.2. The van der Waals surface area contributed by atoms with Crippen LogP contribution < -0.4 is 5.32 Å². The second-order valence-corrected chi connectivity index (χ2v) is 5.48. The molecule has 0 spiro atoms. The first-order chi connectivity index (χ1) is 6.70. The topological polar surface area (TPSA) is 32.3 Å². The SMILES string of the molecule is CC(C)SCCC(=O)N1CCNCC1. The third-order valence-electron chi connectivity index (χ3n) is 2.24. The number of rotatable bonds is 4. The summed E-state index contributed by atoms with van der Waals surface area (Å²) in [5.74, 6) is 1.28. The number of thioether (sulfide) groups is 1. The number of nitrogens with one attached hydrogen (secondary N) is 1. The molecule has 1 aliphatic rings. The Labute approximate surface area is 90.6 Å². The molecule has 0 unspecified atom stereocenters. The summed E-state index contributed by atoms with van der Waals surface area (Å²) in [4.78, 5) is 13.6. The van der Waals surface area contributed by atoms with Gasteiger partial charge in [-0.1, -0.05) is 13.8 Å². The summed E-state index contributed by atoms with van der Waals surface area (Å²) in [5, 5.41) is 3.88. The fraction of sp³-hybridized carbons (Fsp3) is 0.900. The molecule has 0 aromatic heterocycles. The van der Waals surface area contributed by atoms with E-state index in [0.717, 1.165) is 31.9 Å². The summed E-state index contributed by atoms with van der Waals surface area (Å²) in [7, 11) is 0. The minimum absolute atomic E-state index is 0.319. The van der Waals surface area contributed by atoms with Crippen molar-refractivity contribution in [3.63, 3.8) is 0 Å². The first-order valence-electron chi connectivity index (χ1n) is 5.30. The first kappa shape index (κ1) is 11.9.